The number of fused-ring (bicyclic) bond motifs is 1. The molecule has 0 saturated carbocycles. The van der Waals surface area contributed by atoms with Crippen molar-refractivity contribution in [3.05, 3.63) is 77.9 Å². The van der Waals surface area contributed by atoms with Gasteiger partial charge in [0.25, 0.3) is 0 Å². The molecule has 2 rings (SSSR count). The summed E-state index contributed by atoms with van der Waals surface area (Å²) in [5.74, 6) is 0. The monoisotopic (exact) mass is 248 g/mol. The molecule has 0 saturated heterocycles. The fraction of sp³-hybridized carbons (Fsp3) is 0.158. The minimum absolute atomic E-state index is 1.22. The second-order valence-electron chi connectivity index (χ2n) is 4.98. The van der Waals surface area contributed by atoms with Gasteiger partial charge in [-0.25, -0.2) is 0 Å². The van der Waals surface area contributed by atoms with Crippen molar-refractivity contribution in [1.29, 1.82) is 0 Å². The summed E-state index contributed by atoms with van der Waals surface area (Å²) in [5.41, 5.74) is 5.10. The average Bonchev–Trinajstić information content (AvgIpc) is 2.38. The molecular formula is C19H20. The van der Waals surface area contributed by atoms with Crippen molar-refractivity contribution in [3.8, 4) is 0 Å². The molecule has 0 unspecified atom stereocenters. The Labute approximate surface area is 115 Å². The number of rotatable bonds is 3. The molecule has 0 atom stereocenters. The van der Waals surface area contributed by atoms with Crippen molar-refractivity contribution >= 4 is 16.3 Å². The zero-order valence-corrected chi connectivity index (χ0v) is 11.9. The van der Waals surface area contributed by atoms with E-state index in [1.165, 1.54) is 33.0 Å². The molecule has 96 valence electrons. The van der Waals surface area contributed by atoms with E-state index in [0.29, 0.717) is 0 Å². The van der Waals surface area contributed by atoms with Crippen molar-refractivity contribution in [3.63, 3.8) is 0 Å². The lowest BCUT2D eigenvalue weighted by atomic mass is 9.98. The van der Waals surface area contributed by atoms with Crippen LogP contribution in [0.4, 0.5) is 0 Å². The lowest BCUT2D eigenvalue weighted by molar-refractivity contribution is 1.48. The van der Waals surface area contributed by atoms with Crippen LogP contribution < -0.4 is 0 Å². The Kier molecular flexibility index (Phi) is 4.01. The minimum atomic E-state index is 1.22. The third kappa shape index (κ3) is 3.03. The van der Waals surface area contributed by atoms with E-state index in [1.54, 1.807) is 0 Å². The quantitative estimate of drug-likeness (QED) is 0.613. The summed E-state index contributed by atoms with van der Waals surface area (Å²) in [4.78, 5) is 0. The normalized spacial score (nSPS) is 12.8. The molecule has 0 heteroatoms. The molecule has 2 aromatic carbocycles. The van der Waals surface area contributed by atoms with Gasteiger partial charge in [-0.1, -0.05) is 60.7 Å². The SMILES string of the molecule is C=C/C=C(C)/C=C(\C)c1ccc2c(C)cccc2c1. The first kappa shape index (κ1) is 13.4. The van der Waals surface area contributed by atoms with Crippen LogP contribution in [0.5, 0.6) is 0 Å². The van der Waals surface area contributed by atoms with Gasteiger partial charge in [-0.2, -0.15) is 0 Å². The van der Waals surface area contributed by atoms with Gasteiger partial charge >= 0.3 is 0 Å². The van der Waals surface area contributed by atoms with Crippen molar-refractivity contribution in [2.24, 2.45) is 0 Å². The maximum Gasteiger partial charge on any atom is -0.0154 e. The van der Waals surface area contributed by atoms with E-state index in [0.717, 1.165) is 0 Å². The summed E-state index contributed by atoms with van der Waals surface area (Å²) < 4.78 is 0. The molecule has 19 heavy (non-hydrogen) atoms. The summed E-state index contributed by atoms with van der Waals surface area (Å²) in [6, 6.07) is 13.1. The van der Waals surface area contributed by atoms with E-state index in [1.807, 2.05) is 12.2 Å². The van der Waals surface area contributed by atoms with Gasteiger partial charge in [0.2, 0.25) is 0 Å². The molecule has 0 aliphatic heterocycles. The van der Waals surface area contributed by atoms with Crippen LogP contribution in [0.25, 0.3) is 16.3 Å². The molecule has 0 nitrogen and oxygen atoms in total. The molecule has 0 spiro atoms. The van der Waals surface area contributed by atoms with Gasteiger partial charge in [0.15, 0.2) is 0 Å². The third-order valence-electron chi connectivity index (χ3n) is 3.38. The summed E-state index contributed by atoms with van der Waals surface area (Å²) in [6.07, 6.45) is 6.04. The number of aryl methyl sites for hydroxylation is 1. The first-order chi connectivity index (χ1) is 9.11. The highest BCUT2D eigenvalue weighted by Gasteiger charge is 2.00. The van der Waals surface area contributed by atoms with Crippen LogP contribution in [0.15, 0.2) is 66.8 Å². The van der Waals surface area contributed by atoms with Crippen molar-refractivity contribution < 1.29 is 0 Å². The van der Waals surface area contributed by atoms with E-state index >= 15 is 0 Å². The van der Waals surface area contributed by atoms with Crippen molar-refractivity contribution in [1.82, 2.24) is 0 Å². The fourth-order valence-corrected chi connectivity index (χ4v) is 2.35. The average molecular weight is 248 g/mol. The molecular weight excluding hydrogens is 228 g/mol. The maximum atomic E-state index is 3.73. The van der Waals surface area contributed by atoms with E-state index in [4.69, 9.17) is 0 Å². The van der Waals surface area contributed by atoms with Crippen molar-refractivity contribution in [2.45, 2.75) is 20.8 Å². The van der Waals surface area contributed by atoms with Gasteiger partial charge in [0, 0.05) is 0 Å². The Morgan fingerprint density at radius 1 is 1.11 bits per heavy atom. The van der Waals surface area contributed by atoms with Crippen LogP contribution in [-0.4, -0.2) is 0 Å². The molecule has 0 radical (unpaired) electrons. The van der Waals surface area contributed by atoms with Crippen molar-refractivity contribution in [2.75, 3.05) is 0 Å². The molecule has 0 fully saturated rings. The van der Waals surface area contributed by atoms with Gasteiger partial charge in [0.05, 0.1) is 0 Å². The smallest absolute Gasteiger partial charge is 0.0154 e. The predicted molar refractivity (Wildman–Crippen MR) is 86.3 cm³/mol. The van der Waals surface area contributed by atoms with Gasteiger partial charge < -0.3 is 0 Å². The third-order valence-corrected chi connectivity index (χ3v) is 3.38. The van der Waals surface area contributed by atoms with Gasteiger partial charge in [-0.15, -0.1) is 0 Å². The number of hydrogen-bond donors (Lipinski definition) is 0. The Morgan fingerprint density at radius 3 is 2.63 bits per heavy atom. The first-order valence-corrected chi connectivity index (χ1v) is 6.59. The summed E-state index contributed by atoms with van der Waals surface area (Å²) in [6.45, 7) is 10.1. The standard InChI is InChI=1S/C19H20/c1-5-7-14(2)12-16(4)17-10-11-19-15(3)8-6-9-18(19)13-17/h5-13H,1H2,2-4H3/b14-7+,16-12+. The molecule has 0 amide bonds. The Hall–Kier alpha value is -2.08. The highest BCUT2D eigenvalue weighted by Crippen LogP contribution is 2.24. The minimum Gasteiger partial charge on any atom is -0.0991 e. The maximum absolute atomic E-state index is 3.73. The summed E-state index contributed by atoms with van der Waals surface area (Å²) in [7, 11) is 0. The molecule has 0 aliphatic rings. The number of benzene rings is 2. The predicted octanol–water partition coefficient (Wildman–Crippen LogP) is 5.68. The Bertz CT molecular complexity index is 669. The lowest BCUT2D eigenvalue weighted by Crippen LogP contribution is -1.83. The molecule has 0 aliphatic carbocycles. The molecule has 2 aromatic rings. The van der Waals surface area contributed by atoms with Gasteiger partial charge in [-0.3, -0.25) is 0 Å². The zero-order valence-electron chi connectivity index (χ0n) is 11.9. The van der Waals surface area contributed by atoms with E-state index in [9.17, 15) is 0 Å². The molecule has 0 N–H and O–H groups in total. The van der Waals surface area contributed by atoms with Crippen LogP contribution in [0.1, 0.15) is 25.0 Å². The topological polar surface area (TPSA) is 0 Å². The van der Waals surface area contributed by atoms with Crippen LogP contribution in [0.2, 0.25) is 0 Å². The molecule has 0 bridgehead atoms. The van der Waals surface area contributed by atoms with E-state index in [2.05, 4.69) is 69.8 Å². The molecule has 0 aromatic heterocycles. The summed E-state index contributed by atoms with van der Waals surface area (Å²) >= 11 is 0. The largest absolute Gasteiger partial charge is 0.0991 e. The van der Waals surface area contributed by atoms with Crippen LogP contribution in [0, 0.1) is 6.92 Å². The van der Waals surface area contributed by atoms with Gasteiger partial charge in [0.1, 0.15) is 0 Å². The molecule has 0 heterocycles. The van der Waals surface area contributed by atoms with Crippen LogP contribution >= 0.6 is 0 Å². The highest BCUT2D eigenvalue weighted by molar-refractivity contribution is 5.88. The Morgan fingerprint density at radius 2 is 1.89 bits per heavy atom. The van der Waals surface area contributed by atoms with Gasteiger partial charge in [-0.05, 0) is 54.3 Å². The second-order valence-corrected chi connectivity index (χ2v) is 4.98. The zero-order chi connectivity index (χ0) is 13.8. The van der Waals surface area contributed by atoms with Crippen LogP contribution in [0.3, 0.4) is 0 Å². The van der Waals surface area contributed by atoms with E-state index < -0.39 is 0 Å². The Balaban J connectivity index is 2.47. The number of allylic oxidation sites excluding steroid dienone is 5. The first-order valence-electron chi connectivity index (χ1n) is 6.59. The number of hydrogen-bond acceptors (Lipinski definition) is 0. The lowest BCUT2D eigenvalue weighted by Gasteiger charge is -2.06. The highest BCUT2D eigenvalue weighted by atomic mass is 14.1. The fourth-order valence-electron chi connectivity index (χ4n) is 2.35. The second kappa shape index (κ2) is 5.71. The van der Waals surface area contributed by atoms with Crippen LogP contribution in [-0.2, 0) is 0 Å². The van der Waals surface area contributed by atoms with E-state index in [-0.39, 0.29) is 0 Å². The summed E-state index contributed by atoms with van der Waals surface area (Å²) in [5, 5.41) is 2.63.